The molecule has 0 atom stereocenters. The standard InChI is InChI=1S/C19H38OS2.Na/c1-2-3-4-5-6-7-8-9-10-11-12-13-14-15-16-17-18-20-19(21)22;/h2-18H2,1H3,(H,21,22);/q;+1/p-1. The van der Waals surface area contributed by atoms with Crippen LogP contribution in [0, 0.1) is 0 Å². The summed E-state index contributed by atoms with van der Waals surface area (Å²) in [6, 6.07) is 0. The monoisotopic (exact) mass is 368 g/mol. The van der Waals surface area contributed by atoms with E-state index in [1.54, 1.807) is 0 Å². The van der Waals surface area contributed by atoms with Gasteiger partial charge in [-0.25, -0.2) is 0 Å². The van der Waals surface area contributed by atoms with Crippen molar-refractivity contribution in [3.63, 3.8) is 0 Å². The van der Waals surface area contributed by atoms with Gasteiger partial charge in [-0.3, -0.25) is 0 Å². The molecule has 0 saturated carbocycles. The van der Waals surface area contributed by atoms with Crippen molar-refractivity contribution in [2.45, 2.75) is 110 Å². The number of rotatable bonds is 17. The van der Waals surface area contributed by atoms with Gasteiger partial charge in [0.15, 0.2) is 0 Å². The van der Waals surface area contributed by atoms with E-state index in [0.29, 0.717) is 6.61 Å². The molecule has 0 aromatic rings. The van der Waals surface area contributed by atoms with Crippen molar-refractivity contribution < 1.29 is 34.3 Å². The molecule has 0 saturated heterocycles. The van der Waals surface area contributed by atoms with E-state index in [4.69, 9.17) is 29.6 Å². The fourth-order valence-corrected chi connectivity index (χ4v) is 2.97. The van der Waals surface area contributed by atoms with Crippen LogP contribution in [-0.4, -0.2) is 11.0 Å². The number of unbranched alkanes of at least 4 members (excludes halogenated alkanes) is 15. The maximum absolute atomic E-state index is 5.11. The molecule has 0 unspecified atom stereocenters. The first-order valence-electron chi connectivity index (χ1n) is 9.61. The topological polar surface area (TPSA) is 9.23 Å². The smallest absolute Gasteiger partial charge is 0.514 e. The van der Waals surface area contributed by atoms with Crippen molar-refractivity contribution in [1.82, 2.24) is 0 Å². The van der Waals surface area contributed by atoms with Crippen molar-refractivity contribution in [2.75, 3.05) is 6.61 Å². The van der Waals surface area contributed by atoms with Gasteiger partial charge in [0, 0.05) is 4.38 Å². The molecule has 132 valence electrons. The van der Waals surface area contributed by atoms with Crippen molar-refractivity contribution in [3.05, 3.63) is 0 Å². The van der Waals surface area contributed by atoms with Crippen LogP contribution in [0.5, 0.6) is 0 Å². The van der Waals surface area contributed by atoms with Crippen LogP contribution in [0.15, 0.2) is 0 Å². The molecular weight excluding hydrogens is 331 g/mol. The van der Waals surface area contributed by atoms with Crippen LogP contribution in [0.1, 0.15) is 110 Å². The summed E-state index contributed by atoms with van der Waals surface area (Å²) in [7, 11) is 0. The second-order valence-corrected chi connectivity index (χ2v) is 7.40. The predicted octanol–water partition coefficient (Wildman–Crippen LogP) is 4.10. The third-order valence-corrected chi connectivity index (χ3v) is 4.45. The zero-order valence-corrected chi connectivity index (χ0v) is 19.4. The van der Waals surface area contributed by atoms with Gasteiger partial charge < -0.3 is 29.6 Å². The first kappa shape index (κ1) is 26.3. The Morgan fingerprint density at radius 2 is 0.957 bits per heavy atom. The summed E-state index contributed by atoms with van der Waals surface area (Å²) in [5.74, 6) is 0. The second-order valence-electron chi connectivity index (χ2n) is 6.40. The van der Waals surface area contributed by atoms with E-state index in [9.17, 15) is 0 Å². The fourth-order valence-electron chi connectivity index (χ4n) is 2.81. The molecular formula is C19H37NaOS2. The Morgan fingerprint density at radius 3 is 1.26 bits per heavy atom. The van der Waals surface area contributed by atoms with Crippen LogP contribution in [0.25, 0.3) is 0 Å². The summed E-state index contributed by atoms with van der Waals surface area (Å²) in [4.78, 5) is 0. The zero-order chi connectivity index (χ0) is 16.3. The summed E-state index contributed by atoms with van der Waals surface area (Å²) >= 11 is 9.40. The van der Waals surface area contributed by atoms with Crippen LogP contribution < -0.4 is 29.6 Å². The molecule has 0 aromatic heterocycles. The third kappa shape index (κ3) is 25.5. The molecule has 1 nitrogen and oxygen atoms in total. The molecule has 0 fully saturated rings. The molecule has 4 heteroatoms. The maximum Gasteiger partial charge on any atom is 1.00 e. The summed E-state index contributed by atoms with van der Waals surface area (Å²) < 4.78 is 5.37. The van der Waals surface area contributed by atoms with Gasteiger partial charge in [0.1, 0.15) is 0 Å². The molecule has 0 heterocycles. The van der Waals surface area contributed by atoms with Gasteiger partial charge in [0.2, 0.25) is 0 Å². The number of hydrogen-bond donors (Lipinski definition) is 0. The Bertz CT molecular complexity index is 237. The molecule has 0 aromatic carbocycles. The molecule has 0 aliphatic heterocycles. The van der Waals surface area contributed by atoms with E-state index in [1.165, 1.54) is 96.3 Å². The number of hydrogen-bond acceptors (Lipinski definition) is 3. The van der Waals surface area contributed by atoms with Gasteiger partial charge in [0.25, 0.3) is 0 Å². The Morgan fingerprint density at radius 1 is 0.652 bits per heavy atom. The molecule has 23 heavy (non-hydrogen) atoms. The van der Waals surface area contributed by atoms with Crippen molar-refractivity contribution in [3.8, 4) is 0 Å². The van der Waals surface area contributed by atoms with E-state index in [0.717, 1.165) is 6.42 Å². The molecule has 0 aliphatic carbocycles. The molecule has 0 spiro atoms. The summed E-state index contributed by atoms with van der Waals surface area (Å²) in [6.45, 7) is 2.99. The van der Waals surface area contributed by atoms with Crippen LogP contribution in [-0.2, 0) is 17.4 Å². The largest absolute Gasteiger partial charge is 1.00 e. The Labute approximate surface area is 178 Å². The van der Waals surface area contributed by atoms with Gasteiger partial charge in [-0.1, -0.05) is 103 Å². The fraction of sp³-hybridized carbons (Fsp3) is 0.947. The minimum atomic E-state index is 0. The van der Waals surface area contributed by atoms with Crippen molar-refractivity contribution in [1.29, 1.82) is 0 Å². The number of ether oxygens (including phenoxy) is 1. The number of thiocarbonyl (C=S) groups is 1. The SMILES string of the molecule is CCCCCCCCCCCCCCCCCCOC(=S)[S-].[Na+]. The Hall–Kier alpha value is 1.11. The van der Waals surface area contributed by atoms with E-state index >= 15 is 0 Å². The minimum absolute atomic E-state index is 0. The first-order chi connectivity index (χ1) is 10.8. The van der Waals surface area contributed by atoms with E-state index < -0.39 is 0 Å². The van der Waals surface area contributed by atoms with E-state index in [2.05, 4.69) is 6.92 Å². The van der Waals surface area contributed by atoms with Crippen molar-refractivity contribution in [2.24, 2.45) is 0 Å². The first-order valence-corrected chi connectivity index (χ1v) is 10.4. The van der Waals surface area contributed by atoms with Crippen LogP contribution in [0.4, 0.5) is 0 Å². The Balaban J connectivity index is 0. The van der Waals surface area contributed by atoms with Gasteiger partial charge in [0.05, 0.1) is 6.61 Å². The average molecular weight is 369 g/mol. The molecule has 0 amide bonds. The molecule has 0 N–H and O–H groups in total. The second kappa shape index (κ2) is 23.1. The predicted molar refractivity (Wildman–Crippen MR) is 105 cm³/mol. The van der Waals surface area contributed by atoms with Gasteiger partial charge in [-0.15, -0.1) is 0 Å². The normalized spacial score (nSPS) is 10.3. The summed E-state index contributed by atoms with van der Waals surface area (Å²) in [5, 5.41) is 0. The van der Waals surface area contributed by atoms with Crippen molar-refractivity contribution >= 4 is 29.2 Å². The third-order valence-electron chi connectivity index (χ3n) is 4.22. The summed E-state index contributed by atoms with van der Waals surface area (Å²) in [6.07, 6.45) is 22.2. The minimum Gasteiger partial charge on any atom is -0.514 e. The quantitative estimate of drug-likeness (QED) is 0.166. The molecule has 0 rings (SSSR count). The molecule has 0 radical (unpaired) electrons. The van der Waals surface area contributed by atoms with E-state index in [-0.39, 0.29) is 33.9 Å². The van der Waals surface area contributed by atoms with Crippen LogP contribution in [0.3, 0.4) is 0 Å². The van der Waals surface area contributed by atoms with Gasteiger partial charge in [-0.05, 0) is 6.42 Å². The van der Waals surface area contributed by atoms with Crippen LogP contribution in [0.2, 0.25) is 0 Å². The maximum atomic E-state index is 5.11. The Kier molecular flexibility index (Phi) is 26.5. The van der Waals surface area contributed by atoms with Gasteiger partial charge in [-0.2, -0.15) is 0 Å². The average Bonchev–Trinajstić information content (AvgIpc) is 2.50. The van der Waals surface area contributed by atoms with E-state index in [1.807, 2.05) is 0 Å². The zero-order valence-electron chi connectivity index (χ0n) is 15.7. The summed E-state index contributed by atoms with van der Waals surface area (Å²) in [5.41, 5.74) is 0. The molecule has 0 aliphatic rings. The van der Waals surface area contributed by atoms with Gasteiger partial charge >= 0.3 is 29.6 Å². The van der Waals surface area contributed by atoms with Crippen LogP contribution >= 0.6 is 12.2 Å². The molecule has 0 bridgehead atoms.